The molecule has 0 saturated heterocycles. The molecule has 1 amide bonds. The molecule has 0 spiro atoms. The van der Waals surface area contributed by atoms with Crippen molar-refractivity contribution in [1.29, 1.82) is 0 Å². The predicted octanol–water partition coefficient (Wildman–Crippen LogP) is 5.36. The van der Waals surface area contributed by atoms with E-state index in [4.69, 9.17) is 9.47 Å². The van der Waals surface area contributed by atoms with Gasteiger partial charge in [0.2, 0.25) is 5.91 Å². The van der Waals surface area contributed by atoms with Gasteiger partial charge in [-0.05, 0) is 41.8 Å². The van der Waals surface area contributed by atoms with Crippen molar-refractivity contribution in [3.63, 3.8) is 0 Å². The minimum absolute atomic E-state index is 0.0509. The van der Waals surface area contributed by atoms with E-state index in [0.717, 1.165) is 16.7 Å². The largest absolute Gasteiger partial charge is 0.493 e. The molecule has 0 N–H and O–H groups in total. The Morgan fingerprint density at radius 1 is 0.867 bits per heavy atom. The third-order valence-corrected chi connectivity index (χ3v) is 4.99. The second-order valence-electron chi connectivity index (χ2n) is 6.80. The Labute approximate surface area is 178 Å². The van der Waals surface area contributed by atoms with E-state index in [9.17, 15) is 4.79 Å². The van der Waals surface area contributed by atoms with Gasteiger partial charge in [-0.25, -0.2) is 0 Å². The third kappa shape index (κ3) is 4.90. The van der Waals surface area contributed by atoms with E-state index in [1.807, 2.05) is 66.4 Å². The molecule has 30 heavy (non-hydrogen) atoms. The normalized spacial score (nSPS) is 10.9. The topological polar surface area (TPSA) is 38.8 Å². The van der Waals surface area contributed by atoms with Crippen molar-refractivity contribution in [3.8, 4) is 11.5 Å². The van der Waals surface area contributed by atoms with Crippen molar-refractivity contribution in [2.75, 3.05) is 20.8 Å². The van der Waals surface area contributed by atoms with Crippen molar-refractivity contribution in [3.05, 3.63) is 102 Å². The van der Waals surface area contributed by atoms with Gasteiger partial charge in [-0.1, -0.05) is 66.7 Å². The fraction of sp³-hybridized carbons (Fsp3) is 0.192. The summed E-state index contributed by atoms with van der Waals surface area (Å²) in [7, 11) is 3.20. The molecule has 3 aromatic carbocycles. The molecular formula is C26H27NO3. The number of carbonyl (C=O) groups is 1. The van der Waals surface area contributed by atoms with Gasteiger partial charge in [-0.3, -0.25) is 4.79 Å². The highest BCUT2D eigenvalue weighted by atomic mass is 16.5. The van der Waals surface area contributed by atoms with Crippen LogP contribution in [0.1, 0.15) is 29.7 Å². The highest BCUT2D eigenvalue weighted by molar-refractivity contribution is 5.92. The smallest absolute Gasteiger partial charge is 0.247 e. The highest BCUT2D eigenvalue weighted by Gasteiger charge is 2.24. The first-order chi connectivity index (χ1) is 14.7. The Kier molecular flexibility index (Phi) is 7.28. The molecule has 0 aliphatic rings. The second-order valence-corrected chi connectivity index (χ2v) is 6.80. The predicted molar refractivity (Wildman–Crippen MR) is 121 cm³/mol. The van der Waals surface area contributed by atoms with Gasteiger partial charge in [-0.15, -0.1) is 0 Å². The zero-order valence-electron chi connectivity index (χ0n) is 17.6. The van der Waals surface area contributed by atoms with Gasteiger partial charge >= 0.3 is 0 Å². The van der Waals surface area contributed by atoms with E-state index in [-0.39, 0.29) is 11.9 Å². The number of hydrogen-bond donors (Lipinski definition) is 0. The first kappa shape index (κ1) is 21.2. The van der Waals surface area contributed by atoms with Gasteiger partial charge < -0.3 is 14.4 Å². The van der Waals surface area contributed by atoms with Crippen LogP contribution in [0.5, 0.6) is 11.5 Å². The van der Waals surface area contributed by atoms with Crippen molar-refractivity contribution < 1.29 is 14.3 Å². The number of carbonyl (C=O) groups excluding carboxylic acids is 1. The zero-order chi connectivity index (χ0) is 21.3. The summed E-state index contributed by atoms with van der Waals surface area (Å²) in [4.78, 5) is 15.1. The zero-order valence-corrected chi connectivity index (χ0v) is 17.6. The summed E-state index contributed by atoms with van der Waals surface area (Å²) >= 11 is 0. The van der Waals surface area contributed by atoms with Crippen LogP contribution in [-0.4, -0.2) is 31.6 Å². The van der Waals surface area contributed by atoms with Crippen molar-refractivity contribution in [1.82, 2.24) is 4.90 Å². The van der Waals surface area contributed by atoms with E-state index < -0.39 is 0 Å². The average molecular weight is 402 g/mol. The summed E-state index contributed by atoms with van der Waals surface area (Å²) in [5.74, 6) is 1.24. The van der Waals surface area contributed by atoms with Gasteiger partial charge in [0.1, 0.15) is 0 Å². The number of rotatable bonds is 8. The van der Waals surface area contributed by atoms with E-state index in [0.29, 0.717) is 18.0 Å². The van der Waals surface area contributed by atoms with E-state index in [1.165, 1.54) is 0 Å². The molecule has 3 aromatic rings. The number of hydrogen-bond acceptors (Lipinski definition) is 3. The number of benzene rings is 3. The first-order valence-corrected chi connectivity index (χ1v) is 9.98. The number of amides is 1. The lowest BCUT2D eigenvalue weighted by molar-refractivity contribution is -0.127. The molecule has 0 fully saturated rings. The average Bonchev–Trinajstić information content (AvgIpc) is 2.81. The van der Waals surface area contributed by atoms with Gasteiger partial charge in [0.25, 0.3) is 0 Å². The van der Waals surface area contributed by atoms with Crippen LogP contribution in [0.2, 0.25) is 0 Å². The maximum atomic E-state index is 13.2. The standard InChI is InChI=1S/C26H27NO3/c1-4-27(25(28)18-16-20-15-17-23(29-2)24(19-20)30-3)26(21-11-7-5-8-12-21)22-13-9-6-10-14-22/h5-19,26H,4H2,1-3H3/b18-16+. The van der Waals surface area contributed by atoms with Crippen molar-refractivity contribution in [2.24, 2.45) is 0 Å². The number of methoxy groups -OCH3 is 2. The van der Waals surface area contributed by atoms with Crippen molar-refractivity contribution >= 4 is 12.0 Å². The molecular weight excluding hydrogens is 374 g/mol. The lowest BCUT2D eigenvalue weighted by atomic mass is 9.97. The molecule has 3 rings (SSSR count). The van der Waals surface area contributed by atoms with Gasteiger partial charge in [0.05, 0.1) is 20.3 Å². The quantitative estimate of drug-likeness (QED) is 0.477. The monoisotopic (exact) mass is 401 g/mol. The van der Waals surface area contributed by atoms with Gasteiger partial charge in [-0.2, -0.15) is 0 Å². The van der Waals surface area contributed by atoms with Gasteiger partial charge in [0, 0.05) is 12.6 Å². The van der Waals surface area contributed by atoms with E-state index in [1.54, 1.807) is 26.4 Å². The molecule has 4 heteroatoms. The summed E-state index contributed by atoms with van der Waals surface area (Å²) in [6, 6.07) is 25.7. The molecule has 0 atom stereocenters. The second kappa shape index (κ2) is 10.3. The fourth-order valence-electron chi connectivity index (χ4n) is 3.51. The Hall–Kier alpha value is -3.53. The molecule has 0 radical (unpaired) electrons. The SMILES string of the molecule is CCN(C(=O)/C=C/c1ccc(OC)c(OC)c1)C(c1ccccc1)c1ccccc1. The third-order valence-electron chi connectivity index (χ3n) is 4.99. The molecule has 0 bridgehead atoms. The Morgan fingerprint density at radius 3 is 1.93 bits per heavy atom. The van der Waals surface area contributed by atoms with Crippen LogP contribution >= 0.6 is 0 Å². The highest BCUT2D eigenvalue weighted by Crippen LogP contribution is 2.30. The summed E-state index contributed by atoms with van der Waals surface area (Å²) < 4.78 is 10.6. The molecule has 0 heterocycles. The molecule has 154 valence electrons. The molecule has 0 aromatic heterocycles. The summed E-state index contributed by atoms with van der Waals surface area (Å²) in [5, 5.41) is 0. The molecule has 0 aliphatic carbocycles. The lowest BCUT2D eigenvalue weighted by Gasteiger charge is -2.31. The maximum absolute atomic E-state index is 13.2. The Balaban J connectivity index is 1.90. The van der Waals surface area contributed by atoms with Crippen molar-refractivity contribution in [2.45, 2.75) is 13.0 Å². The van der Waals surface area contributed by atoms with Crippen LogP contribution in [0.15, 0.2) is 84.9 Å². The van der Waals surface area contributed by atoms with E-state index >= 15 is 0 Å². The number of likely N-dealkylation sites (N-methyl/N-ethyl adjacent to an activating group) is 1. The Bertz CT molecular complexity index is 944. The molecule has 0 aliphatic heterocycles. The van der Waals surface area contributed by atoms with Crippen LogP contribution in [0.3, 0.4) is 0 Å². The number of nitrogens with zero attached hydrogens (tertiary/aromatic N) is 1. The van der Waals surface area contributed by atoms with E-state index in [2.05, 4.69) is 24.3 Å². The number of ether oxygens (including phenoxy) is 2. The van der Waals surface area contributed by atoms with Crippen LogP contribution in [0.25, 0.3) is 6.08 Å². The first-order valence-electron chi connectivity index (χ1n) is 9.98. The van der Waals surface area contributed by atoms with Gasteiger partial charge in [0.15, 0.2) is 11.5 Å². The molecule has 0 saturated carbocycles. The minimum Gasteiger partial charge on any atom is -0.493 e. The maximum Gasteiger partial charge on any atom is 0.247 e. The molecule has 4 nitrogen and oxygen atoms in total. The van der Waals surface area contributed by atoms with Crippen LogP contribution in [-0.2, 0) is 4.79 Å². The molecule has 0 unspecified atom stereocenters. The lowest BCUT2D eigenvalue weighted by Crippen LogP contribution is -2.34. The summed E-state index contributed by atoms with van der Waals surface area (Å²) in [6.45, 7) is 2.59. The van der Waals surface area contributed by atoms with Crippen LogP contribution in [0, 0.1) is 0 Å². The van der Waals surface area contributed by atoms with Crippen LogP contribution in [0.4, 0.5) is 0 Å². The fourth-order valence-corrected chi connectivity index (χ4v) is 3.51. The summed E-state index contributed by atoms with van der Waals surface area (Å²) in [5.41, 5.74) is 3.03. The minimum atomic E-state index is -0.153. The Morgan fingerprint density at radius 2 is 1.43 bits per heavy atom. The summed E-state index contributed by atoms with van der Waals surface area (Å²) in [6.07, 6.45) is 3.42. The van der Waals surface area contributed by atoms with Crippen LogP contribution < -0.4 is 9.47 Å².